The Hall–Kier alpha value is -4.00. The molecule has 0 bridgehead atoms. The van der Waals surface area contributed by atoms with Gasteiger partial charge in [0.1, 0.15) is 35.4 Å². The Kier molecular flexibility index (Phi) is 3.31. The van der Waals surface area contributed by atoms with Crippen molar-refractivity contribution < 1.29 is 9.59 Å². The highest BCUT2D eigenvalue weighted by atomic mass is 16.1. The normalized spacial score (nSPS) is 14.2. The smallest absolute Gasteiger partial charge is 0.167 e. The number of rotatable bonds is 0. The van der Waals surface area contributed by atoms with E-state index in [4.69, 9.17) is 21.0 Å². The van der Waals surface area contributed by atoms with Gasteiger partial charge in [-0.2, -0.15) is 21.0 Å². The fourth-order valence-corrected chi connectivity index (χ4v) is 3.03. The third-order valence-electron chi connectivity index (χ3n) is 4.13. The van der Waals surface area contributed by atoms with Crippen LogP contribution in [0.2, 0.25) is 0 Å². The number of carbonyl (C=O) groups is 2. The van der Waals surface area contributed by atoms with Crippen LogP contribution in [-0.2, 0) is 0 Å². The highest BCUT2D eigenvalue weighted by molar-refractivity contribution is 6.18. The average Bonchev–Trinajstić information content (AvgIpc) is 3.07. The largest absolute Gasteiger partial charge is 0.294 e. The molecule has 0 saturated heterocycles. The van der Waals surface area contributed by atoms with Crippen LogP contribution in [0.5, 0.6) is 0 Å². The van der Waals surface area contributed by atoms with Gasteiger partial charge in [-0.25, -0.2) is 0 Å². The fraction of sp³-hybridized carbons (Fsp3) is 0.111. The molecule has 0 atom stereocenters. The van der Waals surface area contributed by atoms with Crippen molar-refractivity contribution in [3.8, 4) is 24.3 Å². The molecule has 2 aliphatic rings. The summed E-state index contributed by atoms with van der Waals surface area (Å²) in [5, 5.41) is 36.1. The Morgan fingerprint density at radius 3 is 1.29 bits per heavy atom. The Balaban J connectivity index is 2.35. The topological polar surface area (TPSA) is 129 Å². The summed E-state index contributed by atoms with van der Waals surface area (Å²) in [6.07, 6.45) is -0.156. The molecular formula is C18H6N4O2. The first kappa shape index (κ1) is 14.9. The zero-order valence-corrected chi connectivity index (χ0v) is 12.2. The SMILES string of the molecule is N#CC(C#N)=C1CC(=O)c2cc3c(cc21)C(=O)CC3=C(C#N)C#N. The third kappa shape index (κ3) is 1.92. The Morgan fingerprint density at radius 1 is 0.667 bits per heavy atom. The molecule has 0 heterocycles. The van der Waals surface area contributed by atoms with E-state index in [0.29, 0.717) is 33.4 Å². The lowest BCUT2D eigenvalue weighted by molar-refractivity contribution is 0.0994. The van der Waals surface area contributed by atoms with Gasteiger partial charge >= 0.3 is 0 Å². The highest BCUT2D eigenvalue weighted by Crippen LogP contribution is 2.42. The zero-order valence-electron chi connectivity index (χ0n) is 12.2. The van der Waals surface area contributed by atoms with E-state index in [9.17, 15) is 9.59 Å². The van der Waals surface area contributed by atoms with Crippen LogP contribution in [0.1, 0.15) is 44.7 Å². The van der Waals surface area contributed by atoms with Gasteiger partial charge in [0.15, 0.2) is 11.6 Å². The molecule has 0 aliphatic heterocycles. The number of fused-ring (bicyclic) bond motifs is 2. The lowest BCUT2D eigenvalue weighted by Crippen LogP contribution is -1.96. The summed E-state index contributed by atoms with van der Waals surface area (Å²) in [7, 11) is 0. The monoisotopic (exact) mass is 310 g/mol. The lowest BCUT2D eigenvalue weighted by atomic mass is 9.96. The van der Waals surface area contributed by atoms with Gasteiger partial charge in [0, 0.05) is 24.0 Å². The summed E-state index contributed by atoms with van der Waals surface area (Å²) in [6.45, 7) is 0. The molecule has 0 radical (unpaired) electrons. The van der Waals surface area contributed by atoms with Crippen LogP contribution in [0.4, 0.5) is 0 Å². The first-order valence-corrected chi connectivity index (χ1v) is 6.87. The predicted molar refractivity (Wildman–Crippen MR) is 80.6 cm³/mol. The summed E-state index contributed by atoms with van der Waals surface area (Å²) < 4.78 is 0. The fourth-order valence-electron chi connectivity index (χ4n) is 3.03. The van der Waals surface area contributed by atoms with Gasteiger partial charge in [-0.05, 0) is 34.4 Å². The molecule has 0 saturated carbocycles. The van der Waals surface area contributed by atoms with Crippen molar-refractivity contribution in [1.29, 1.82) is 21.0 Å². The number of carbonyl (C=O) groups excluding carboxylic acids is 2. The number of allylic oxidation sites excluding steroid dienone is 4. The molecule has 1 aromatic carbocycles. The quantitative estimate of drug-likeness (QED) is 0.676. The Morgan fingerprint density at radius 2 is 1.00 bits per heavy atom. The molecule has 110 valence electrons. The lowest BCUT2D eigenvalue weighted by Gasteiger charge is -2.05. The van der Waals surface area contributed by atoms with Crippen LogP contribution < -0.4 is 0 Å². The molecule has 1 aromatic rings. The molecule has 0 fully saturated rings. The van der Waals surface area contributed by atoms with Crippen LogP contribution >= 0.6 is 0 Å². The van der Waals surface area contributed by atoms with E-state index in [1.807, 2.05) is 0 Å². The van der Waals surface area contributed by atoms with Crippen LogP contribution in [-0.4, -0.2) is 11.6 Å². The van der Waals surface area contributed by atoms with Gasteiger partial charge < -0.3 is 0 Å². The van der Waals surface area contributed by atoms with E-state index < -0.39 is 0 Å². The van der Waals surface area contributed by atoms with Crippen molar-refractivity contribution >= 4 is 22.7 Å². The zero-order chi connectivity index (χ0) is 17.4. The van der Waals surface area contributed by atoms with E-state index in [1.165, 1.54) is 12.1 Å². The number of nitriles is 4. The Bertz CT molecular complexity index is 956. The van der Waals surface area contributed by atoms with Crippen LogP contribution in [0.15, 0.2) is 23.3 Å². The number of hydrogen-bond donors (Lipinski definition) is 0. The molecule has 0 spiro atoms. The van der Waals surface area contributed by atoms with Crippen molar-refractivity contribution in [2.24, 2.45) is 0 Å². The number of ketones is 2. The van der Waals surface area contributed by atoms with E-state index in [1.54, 1.807) is 24.3 Å². The Labute approximate surface area is 136 Å². The number of Topliss-reactive ketones (excluding diaryl/α,β-unsaturated/α-hetero) is 2. The molecular weight excluding hydrogens is 304 g/mol. The predicted octanol–water partition coefficient (Wildman–Crippen LogP) is 2.46. The summed E-state index contributed by atoms with van der Waals surface area (Å²) in [6, 6.07) is 10.0. The molecule has 2 aliphatic carbocycles. The molecule has 3 rings (SSSR count). The molecule has 0 unspecified atom stereocenters. The van der Waals surface area contributed by atoms with E-state index in [0.717, 1.165) is 0 Å². The van der Waals surface area contributed by atoms with Gasteiger partial charge in [0.25, 0.3) is 0 Å². The molecule has 24 heavy (non-hydrogen) atoms. The summed E-state index contributed by atoms with van der Waals surface area (Å²) in [5.41, 5.74) is 1.73. The second kappa shape index (κ2) is 5.33. The maximum Gasteiger partial charge on any atom is 0.167 e. The molecule has 0 N–H and O–H groups in total. The summed E-state index contributed by atoms with van der Waals surface area (Å²) in [5.74, 6) is -0.528. The highest BCUT2D eigenvalue weighted by Gasteiger charge is 2.34. The minimum Gasteiger partial charge on any atom is -0.294 e. The van der Waals surface area contributed by atoms with Crippen molar-refractivity contribution in [2.45, 2.75) is 12.8 Å². The van der Waals surface area contributed by atoms with Gasteiger partial charge in [-0.1, -0.05) is 0 Å². The van der Waals surface area contributed by atoms with Crippen molar-refractivity contribution in [1.82, 2.24) is 0 Å². The van der Waals surface area contributed by atoms with Gasteiger partial charge in [0.2, 0.25) is 0 Å². The van der Waals surface area contributed by atoms with Crippen LogP contribution in [0, 0.1) is 45.3 Å². The van der Waals surface area contributed by atoms with E-state index in [2.05, 4.69) is 0 Å². The van der Waals surface area contributed by atoms with Crippen LogP contribution in [0.3, 0.4) is 0 Å². The van der Waals surface area contributed by atoms with Gasteiger partial charge in [0.05, 0.1) is 0 Å². The molecule has 6 nitrogen and oxygen atoms in total. The van der Waals surface area contributed by atoms with Crippen molar-refractivity contribution in [2.75, 3.05) is 0 Å². The minimum atomic E-state index is -0.264. The number of nitrogens with zero attached hydrogens (tertiary/aromatic N) is 4. The molecule has 0 amide bonds. The first-order chi connectivity index (χ1) is 11.5. The number of benzene rings is 1. The standard InChI is InChI=1S/C18H6N4O2/c19-5-9(6-20)11-3-18(24)16-2-14-12(10(7-21)8-22)4-17(23)15(14)1-13(11)16/h1-2H,3-4H2. The van der Waals surface area contributed by atoms with Gasteiger partial charge in [-0.3, -0.25) is 9.59 Å². The third-order valence-corrected chi connectivity index (χ3v) is 4.13. The summed E-state index contributed by atoms with van der Waals surface area (Å²) >= 11 is 0. The number of hydrogen-bond acceptors (Lipinski definition) is 6. The maximum atomic E-state index is 12.2. The molecule has 0 aromatic heterocycles. The van der Waals surface area contributed by atoms with Gasteiger partial charge in [-0.15, -0.1) is 0 Å². The van der Waals surface area contributed by atoms with Crippen molar-refractivity contribution in [3.05, 3.63) is 45.5 Å². The van der Waals surface area contributed by atoms with Crippen LogP contribution in [0.25, 0.3) is 11.1 Å². The molecule has 6 heteroatoms. The van der Waals surface area contributed by atoms with E-state index in [-0.39, 0.29) is 35.6 Å². The average molecular weight is 310 g/mol. The summed E-state index contributed by atoms with van der Waals surface area (Å²) in [4.78, 5) is 24.5. The second-order valence-corrected chi connectivity index (χ2v) is 5.30. The first-order valence-electron chi connectivity index (χ1n) is 6.87. The maximum absolute atomic E-state index is 12.2. The minimum absolute atomic E-state index is 0.0781. The van der Waals surface area contributed by atoms with E-state index >= 15 is 0 Å². The van der Waals surface area contributed by atoms with Crippen molar-refractivity contribution in [3.63, 3.8) is 0 Å². The second-order valence-electron chi connectivity index (χ2n) is 5.30.